The van der Waals surface area contributed by atoms with Crippen molar-refractivity contribution >= 4 is 5.69 Å². The van der Waals surface area contributed by atoms with Crippen molar-refractivity contribution in [1.82, 2.24) is 0 Å². The van der Waals surface area contributed by atoms with Gasteiger partial charge in [-0.25, -0.2) is 4.39 Å². The van der Waals surface area contributed by atoms with Gasteiger partial charge in [0.15, 0.2) is 0 Å². The predicted octanol–water partition coefficient (Wildman–Crippen LogP) is 3.53. The smallest absolute Gasteiger partial charge is 0.314 e. The summed E-state index contributed by atoms with van der Waals surface area (Å²) in [5, 5.41) is 10.8. The quantitative estimate of drug-likeness (QED) is 0.625. The van der Waals surface area contributed by atoms with Crippen LogP contribution < -0.4 is 9.47 Å². The Morgan fingerprint density at radius 3 is 2.32 bits per heavy atom. The van der Waals surface area contributed by atoms with Crippen molar-refractivity contribution < 1.29 is 18.8 Å². The topological polar surface area (TPSA) is 61.6 Å². The Morgan fingerprint density at radius 2 is 1.74 bits per heavy atom. The number of halogens is 1. The van der Waals surface area contributed by atoms with E-state index in [1.165, 1.54) is 13.2 Å². The molecule has 2 aromatic rings. The fourth-order valence-electron chi connectivity index (χ4n) is 1.49. The van der Waals surface area contributed by atoms with Gasteiger partial charge in [-0.2, -0.15) is 0 Å². The van der Waals surface area contributed by atoms with Crippen LogP contribution in [0.15, 0.2) is 42.5 Å². The van der Waals surface area contributed by atoms with Crippen LogP contribution in [-0.4, -0.2) is 12.0 Å². The van der Waals surface area contributed by atoms with E-state index in [0.29, 0.717) is 11.5 Å². The van der Waals surface area contributed by atoms with E-state index in [1.807, 2.05) is 0 Å². The molecule has 0 N–H and O–H groups in total. The molecule has 0 bridgehead atoms. The minimum absolute atomic E-state index is 0.0171. The van der Waals surface area contributed by atoms with Crippen LogP contribution in [0.4, 0.5) is 10.1 Å². The van der Waals surface area contributed by atoms with E-state index in [4.69, 9.17) is 9.47 Å². The van der Waals surface area contributed by atoms with Crippen molar-refractivity contribution in [3.05, 3.63) is 58.4 Å². The van der Waals surface area contributed by atoms with Gasteiger partial charge in [-0.15, -0.1) is 0 Å². The molecule has 0 fully saturated rings. The normalized spacial score (nSPS) is 10.0. The van der Waals surface area contributed by atoms with E-state index in [2.05, 4.69) is 0 Å². The fourth-order valence-corrected chi connectivity index (χ4v) is 1.49. The molecule has 0 radical (unpaired) electrons. The molecule has 0 unspecified atom stereocenters. The molecule has 0 spiro atoms. The molecule has 0 aliphatic heterocycles. The lowest BCUT2D eigenvalue weighted by atomic mass is 10.3. The summed E-state index contributed by atoms with van der Waals surface area (Å²) in [6, 6.07) is 9.66. The second-order valence-electron chi connectivity index (χ2n) is 3.65. The van der Waals surface area contributed by atoms with Crippen molar-refractivity contribution in [2.24, 2.45) is 0 Å². The molecular weight excluding hydrogens is 253 g/mol. The number of nitrogens with zero attached hydrogens (tertiary/aromatic N) is 1. The summed E-state index contributed by atoms with van der Waals surface area (Å²) in [5.74, 6) is 0.335. The van der Waals surface area contributed by atoms with Crippen LogP contribution in [0.5, 0.6) is 17.2 Å². The van der Waals surface area contributed by atoms with Crippen LogP contribution >= 0.6 is 0 Å². The van der Waals surface area contributed by atoms with Gasteiger partial charge in [0, 0.05) is 0 Å². The fraction of sp³-hybridized carbons (Fsp3) is 0.0769. The highest BCUT2D eigenvalue weighted by atomic mass is 19.1. The van der Waals surface area contributed by atoms with Crippen LogP contribution in [0.2, 0.25) is 0 Å². The molecule has 0 saturated heterocycles. The Balaban J connectivity index is 2.29. The minimum atomic E-state index is -0.693. The Labute approximate surface area is 108 Å². The van der Waals surface area contributed by atoms with Gasteiger partial charge >= 0.3 is 5.69 Å². The summed E-state index contributed by atoms with van der Waals surface area (Å²) in [6.07, 6.45) is 0. The van der Waals surface area contributed by atoms with Crippen molar-refractivity contribution in [1.29, 1.82) is 0 Å². The summed E-state index contributed by atoms with van der Waals surface area (Å²) in [7, 11) is 1.53. The monoisotopic (exact) mass is 263 g/mol. The maximum Gasteiger partial charge on any atom is 0.314 e. The van der Waals surface area contributed by atoms with E-state index in [0.717, 1.165) is 12.1 Å². The average molecular weight is 263 g/mol. The first-order chi connectivity index (χ1) is 9.10. The van der Waals surface area contributed by atoms with E-state index in [1.54, 1.807) is 24.3 Å². The largest absolute Gasteiger partial charge is 0.497 e. The Hall–Kier alpha value is -2.63. The molecule has 2 aromatic carbocycles. The van der Waals surface area contributed by atoms with Gasteiger partial charge in [-0.3, -0.25) is 10.1 Å². The van der Waals surface area contributed by atoms with Gasteiger partial charge in [0.25, 0.3) is 0 Å². The molecule has 0 saturated carbocycles. The summed E-state index contributed by atoms with van der Waals surface area (Å²) in [6.45, 7) is 0. The highest BCUT2D eigenvalue weighted by molar-refractivity contribution is 5.48. The van der Waals surface area contributed by atoms with Crippen LogP contribution in [0, 0.1) is 15.9 Å². The summed E-state index contributed by atoms with van der Waals surface area (Å²) in [4.78, 5) is 10.1. The molecule has 0 aromatic heterocycles. The van der Waals surface area contributed by atoms with Crippen LogP contribution in [0.3, 0.4) is 0 Å². The standard InChI is InChI=1S/C13H10FNO4/c1-18-10-3-5-11(6-4-10)19-13-7-2-9(14)8-12(13)15(16)17/h2-8H,1H3. The molecule has 98 valence electrons. The van der Waals surface area contributed by atoms with Gasteiger partial charge in [0.05, 0.1) is 18.1 Å². The number of ether oxygens (including phenoxy) is 2. The lowest BCUT2D eigenvalue weighted by molar-refractivity contribution is -0.385. The zero-order valence-corrected chi connectivity index (χ0v) is 10.00. The molecule has 5 nitrogen and oxygen atoms in total. The first kappa shape index (κ1) is 12.8. The molecule has 6 heteroatoms. The van der Waals surface area contributed by atoms with E-state index >= 15 is 0 Å². The van der Waals surface area contributed by atoms with Crippen LogP contribution in [0.25, 0.3) is 0 Å². The Kier molecular flexibility index (Phi) is 3.61. The van der Waals surface area contributed by atoms with Crippen molar-refractivity contribution in [2.45, 2.75) is 0 Å². The third-order valence-corrected chi connectivity index (χ3v) is 2.40. The second kappa shape index (κ2) is 5.34. The number of hydrogen-bond acceptors (Lipinski definition) is 4. The zero-order chi connectivity index (χ0) is 13.8. The second-order valence-corrected chi connectivity index (χ2v) is 3.65. The summed E-state index contributed by atoms with van der Waals surface area (Å²) < 4.78 is 23.3. The highest BCUT2D eigenvalue weighted by Gasteiger charge is 2.16. The number of hydrogen-bond donors (Lipinski definition) is 0. The van der Waals surface area contributed by atoms with E-state index in [-0.39, 0.29) is 5.75 Å². The molecule has 0 atom stereocenters. The number of rotatable bonds is 4. The maximum atomic E-state index is 13.0. The van der Waals surface area contributed by atoms with Crippen molar-refractivity contribution in [2.75, 3.05) is 7.11 Å². The first-order valence-electron chi connectivity index (χ1n) is 5.36. The van der Waals surface area contributed by atoms with Crippen LogP contribution in [-0.2, 0) is 0 Å². The molecular formula is C13H10FNO4. The zero-order valence-electron chi connectivity index (χ0n) is 10.00. The predicted molar refractivity (Wildman–Crippen MR) is 66.1 cm³/mol. The van der Waals surface area contributed by atoms with Gasteiger partial charge < -0.3 is 9.47 Å². The van der Waals surface area contributed by atoms with E-state index < -0.39 is 16.4 Å². The minimum Gasteiger partial charge on any atom is -0.497 e. The Morgan fingerprint density at radius 1 is 1.11 bits per heavy atom. The molecule has 0 aliphatic carbocycles. The summed E-state index contributed by atoms with van der Waals surface area (Å²) in [5.41, 5.74) is -0.421. The highest BCUT2D eigenvalue weighted by Crippen LogP contribution is 2.32. The number of methoxy groups -OCH3 is 1. The van der Waals surface area contributed by atoms with Gasteiger partial charge in [0.2, 0.25) is 5.75 Å². The molecule has 2 rings (SSSR count). The SMILES string of the molecule is COc1ccc(Oc2ccc(F)cc2[N+](=O)[O-])cc1. The lowest BCUT2D eigenvalue weighted by Crippen LogP contribution is -1.94. The molecule has 0 amide bonds. The molecule has 0 aliphatic rings. The lowest BCUT2D eigenvalue weighted by Gasteiger charge is -2.07. The maximum absolute atomic E-state index is 13.0. The number of nitro benzene ring substituents is 1. The first-order valence-corrected chi connectivity index (χ1v) is 5.36. The number of benzene rings is 2. The number of nitro groups is 1. The molecule has 0 heterocycles. The van der Waals surface area contributed by atoms with Gasteiger partial charge in [-0.05, 0) is 36.4 Å². The average Bonchev–Trinajstić information content (AvgIpc) is 2.41. The third-order valence-electron chi connectivity index (χ3n) is 2.40. The molecule has 19 heavy (non-hydrogen) atoms. The van der Waals surface area contributed by atoms with Crippen molar-refractivity contribution in [3.63, 3.8) is 0 Å². The van der Waals surface area contributed by atoms with Gasteiger partial charge in [0.1, 0.15) is 17.3 Å². The van der Waals surface area contributed by atoms with E-state index in [9.17, 15) is 14.5 Å². The van der Waals surface area contributed by atoms with Crippen LogP contribution in [0.1, 0.15) is 0 Å². The van der Waals surface area contributed by atoms with Gasteiger partial charge in [-0.1, -0.05) is 0 Å². The Bertz CT molecular complexity index is 598. The third kappa shape index (κ3) is 2.98. The summed E-state index contributed by atoms with van der Waals surface area (Å²) >= 11 is 0. The van der Waals surface area contributed by atoms with Crippen molar-refractivity contribution in [3.8, 4) is 17.2 Å².